The third-order valence-electron chi connectivity index (χ3n) is 4.44. The Morgan fingerprint density at radius 3 is 2.56 bits per heavy atom. The zero-order valence-electron chi connectivity index (χ0n) is 15.7. The molecule has 8 heteroatoms. The average molecular weight is 375 g/mol. The molecule has 0 unspecified atom stereocenters. The van der Waals surface area contributed by atoms with Gasteiger partial charge in [-0.05, 0) is 42.5 Å². The van der Waals surface area contributed by atoms with Gasteiger partial charge in [0.15, 0.2) is 0 Å². The van der Waals surface area contributed by atoms with Crippen LogP contribution < -0.4 is 15.5 Å². The summed E-state index contributed by atoms with van der Waals surface area (Å²) in [4.78, 5) is 48.7. The molecule has 1 aliphatic heterocycles. The van der Waals surface area contributed by atoms with E-state index in [-0.39, 0.29) is 18.4 Å². The molecular formula is C19H25N3O5. The van der Waals surface area contributed by atoms with Gasteiger partial charge in [-0.25, -0.2) is 4.79 Å². The number of anilines is 1. The predicted octanol–water partition coefficient (Wildman–Crippen LogP) is 0.941. The minimum Gasteiger partial charge on any atom is -0.480 e. The van der Waals surface area contributed by atoms with Gasteiger partial charge in [0.2, 0.25) is 11.8 Å². The number of hydrogen-bond donors (Lipinski definition) is 3. The van der Waals surface area contributed by atoms with Gasteiger partial charge in [-0.15, -0.1) is 0 Å². The molecule has 3 N–H and O–H groups in total. The maximum Gasteiger partial charge on any atom is 0.326 e. The van der Waals surface area contributed by atoms with Crippen molar-refractivity contribution in [1.82, 2.24) is 10.6 Å². The van der Waals surface area contributed by atoms with E-state index in [1.807, 2.05) is 13.8 Å². The zero-order valence-corrected chi connectivity index (χ0v) is 15.7. The molecule has 0 aliphatic carbocycles. The molecule has 0 bridgehead atoms. The summed E-state index contributed by atoms with van der Waals surface area (Å²) < 4.78 is 0. The van der Waals surface area contributed by atoms with Crippen LogP contribution in [0.1, 0.15) is 42.6 Å². The second-order valence-corrected chi connectivity index (χ2v) is 7.07. The maximum atomic E-state index is 12.3. The molecule has 0 spiro atoms. The molecule has 1 aromatic rings. The lowest BCUT2D eigenvalue weighted by atomic mass is 9.99. The van der Waals surface area contributed by atoms with E-state index >= 15 is 0 Å². The summed E-state index contributed by atoms with van der Waals surface area (Å²) in [6.45, 7) is 3.42. The molecule has 2 rings (SSSR count). The molecule has 3 amide bonds. The predicted molar refractivity (Wildman–Crippen MR) is 99.5 cm³/mol. The first-order valence-electron chi connectivity index (χ1n) is 8.89. The highest BCUT2D eigenvalue weighted by atomic mass is 16.4. The number of carboxylic acids is 1. The van der Waals surface area contributed by atoms with Crippen LogP contribution in [0.4, 0.5) is 5.69 Å². The number of fused-ring (bicyclic) bond motifs is 1. The SMILES string of the molecule is CC(C)C[C@H](NC(=O)CNC(=O)c1ccc2c(c1)CCC(=O)N2C)C(=O)O. The van der Waals surface area contributed by atoms with Gasteiger partial charge in [-0.1, -0.05) is 13.8 Å². The number of nitrogens with zero attached hydrogens (tertiary/aromatic N) is 1. The van der Waals surface area contributed by atoms with Crippen molar-refractivity contribution in [1.29, 1.82) is 0 Å². The highest BCUT2D eigenvalue weighted by Crippen LogP contribution is 2.27. The lowest BCUT2D eigenvalue weighted by Crippen LogP contribution is -2.46. The standard InChI is InChI=1S/C19H25N3O5/c1-11(2)8-14(19(26)27)21-16(23)10-20-18(25)13-4-6-15-12(9-13)5-7-17(24)22(15)3/h4,6,9,11,14H,5,7-8,10H2,1-3H3,(H,20,25)(H,21,23)(H,26,27)/t14-/m0/s1. The summed E-state index contributed by atoms with van der Waals surface area (Å²) in [7, 11) is 1.69. The van der Waals surface area contributed by atoms with E-state index in [0.717, 1.165) is 11.3 Å². The van der Waals surface area contributed by atoms with Gasteiger partial charge in [0.25, 0.3) is 5.91 Å². The number of nitrogens with one attached hydrogen (secondary N) is 2. The van der Waals surface area contributed by atoms with E-state index in [1.54, 1.807) is 30.1 Å². The summed E-state index contributed by atoms with van der Waals surface area (Å²) in [5.41, 5.74) is 2.07. The van der Waals surface area contributed by atoms with E-state index in [1.165, 1.54) is 0 Å². The van der Waals surface area contributed by atoms with E-state index in [9.17, 15) is 19.2 Å². The fraction of sp³-hybridized carbons (Fsp3) is 0.474. The summed E-state index contributed by atoms with van der Waals surface area (Å²) in [6.07, 6.45) is 1.27. The van der Waals surface area contributed by atoms with E-state index in [4.69, 9.17) is 5.11 Å². The van der Waals surface area contributed by atoms with Crippen molar-refractivity contribution in [2.24, 2.45) is 5.92 Å². The van der Waals surface area contributed by atoms with Gasteiger partial charge in [0.1, 0.15) is 6.04 Å². The lowest BCUT2D eigenvalue weighted by molar-refractivity contribution is -0.142. The smallest absolute Gasteiger partial charge is 0.326 e. The van der Waals surface area contributed by atoms with Crippen molar-refractivity contribution in [3.63, 3.8) is 0 Å². The van der Waals surface area contributed by atoms with E-state index < -0.39 is 23.8 Å². The molecule has 1 atom stereocenters. The number of aliphatic carboxylic acids is 1. The Morgan fingerprint density at radius 2 is 1.93 bits per heavy atom. The van der Waals surface area contributed by atoms with Crippen molar-refractivity contribution >= 4 is 29.4 Å². The topological polar surface area (TPSA) is 116 Å². The molecule has 0 saturated heterocycles. The van der Waals surface area contributed by atoms with Crippen molar-refractivity contribution in [3.8, 4) is 0 Å². The molecule has 8 nitrogen and oxygen atoms in total. The Kier molecular flexibility index (Phi) is 6.55. The van der Waals surface area contributed by atoms with E-state index in [2.05, 4.69) is 10.6 Å². The summed E-state index contributed by atoms with van der Waals surface area (Å²) in [5.74, 6) is -1.94. The average Bonchev–Trinajstić information content (AvgIpc) is 2.61. The third-order valence-corrected chi connectivity index (χ3v) is 4.44. The Morgan fingerprint density at radius 1 is 1.22 bits per heavy atom. The van der Waals surface area contributed by atoms with Crippen molar-refractivity contribution in [2.75, 3.05) is 18.5 Å². The van der Waals surface area contributed by atoms with Gasteiger partial charge in [-0.2, -0.15) is 0 Å². The highest BCUT2D eigenvalue weighted by Gasteiger charge is 2.23. The van der Waals surface area contributed by atoms with Gasteiger partial charge in [0, 0.05) is 24.7 Å². The summed E-state index contributed by atoms with van der Waals surface area (Å²) >= 11 is 0. The number of hydrogen-bond acceptors (Lipinski definition) is 4. The molecule has 0 saturated carbocycles. The number of rotatable bonds is 7. The molecule has 1 aliphatic rings. The van der Waals surface area contributed by atoms with Gasteiger partial charge in [0.05, 0.1) is 6.54 Å². The fourth-order valence-electron chi connectivity index (χ4n) is 3.00. The van der Waals surface area contributed by atoms with Crippen LogP contribution in [-0.2, 0) is 20.8 Å². The monoisotopic (exact) mass is 375 g/mol. The maximum absolute atomic E-state index is 12.3. The molecule has 0 radical (unpaired) electrons. The molecule has 1 aromatic carbocycles. The number of aryl methyl sites for hydroxylation is 1. The summed E-state index contributed by atoms with van der Waals surface area (Å²) in [6, 6.07) is 4.04. The van der Waals surface area contributed by atoms with Crippen molar-refractivity contribution in [3.05, 3.63) is 29.3 Å². The van der Waals surface area contributed by atoms with E-state index in [0.29, 0.717) is 24.8 Å². The first-order chi connectivity index (χ1) is 12.7. The first kappa shape index (κ1) is 20.4. The molecule has 0 aromatic heterocycles. The minimum atomic E-state index is -1.10. The van der Waals surface area contributed by atoms with Crippen molar-refractivity contribution < 1.29 is 24.3 Å². The van der Waals surface area contributed by atoms with Gasteiger partial charge < -0.3 is 20.6 Å². The number of carbonyl (C=O) groups excluding carboxylic acids is 3. The lowest BCUT2D eigenvalue weighted by Gasteiger charge is -2.26. The minimum absolute atomic E-state index is 0.0331. The summed E-state index contributed by atoms with van der Waals surface area (Å²) in [5, 5.41) is 14.1. The molecule has 146 valence electrons. The van der Waals surface area contributed by atoms with Crippen LogP contribution in [0, 0.1) is 5.92 Å². The largest absolute Gasteiger partial charge is 0.480 e. The molecule has 0 fully saturated rings. The zero-order chi connectivity index (χ0) is 20.1. The molecule has 1 heterocycles. The normalized spacial score (nSPS) is 14.5. The Hall–Kier alpha value is -2.90. The fourth-order valence-corrected chi connectivity index (χ4v) is 3.00. The van der Waals surface area contributed by atoms with Crippen LogP contribution in [0.2, 0.25) is 0 Å². The van der Waals surface area contributed by atoms with Gasteiger partial charge in [-0.3, -0.25) is 14.4 Å². The number of amides is 3. The first-order valence-corrected chi connectivity index (χ1v) is 8.89. The third kappa shape index (κ3) is 5.29. The Balaban J connectivity index is 1.95. The van der Waals surface area contributed by atoms with Crippen LogP contribution >= 0.6 is 0 Å². The number of carbonyl (C=O) groups is 4. The molecule has 27 heavy (non-hydrogen) atoms. The quantitative estimate of drug-likeness (QED) is 0.656. The highest BCUT2D eigenvalue weighted by molar-refractivity contribution is 6.00. The van der Waals surface area contributed by atoms with Crippen LogP contribution in [0.25, 0.3) is 0 Å². The second-order valence-electron chi connectivity index (χ2n) is 7.07. The van der Waals surface area contributed by atoms with Crippen LogP contribution in [0.3, 0.4) is 0 Å². The van der Waals surface area contributed by atoms with Crippen LogP contribution in [0.5, 0.6) is 0 Å². The van der Waals surface area contributed by atoms with Crippen LogP contribution in [0.15, 0.2) is 18.2 Å². The van der Waals surface area contributed by atoms with Gasteiger partial charge >= 0.3 is 5.97 Å². The number of carboxylic acid groups (broad SMARTS) is 1. The Labute approximate surface area is 157 Å². The van der Waals surface area contributed by atoms with Crippen LogP contribution in [-0.4, -0.2) is 48.4 Å². The number of benzene rings is 1. The Bertz CT molecular complexity index is 760. The molecular weight excluding hydrogens is 350 g/mol. The van der Waals surface area contributed by atoms with Crippen molar-refractivity contribution in [2.45, 2.75) is 39.2 Å². The second kappa shape index (κ2) is 8.66.